The number of benzene rings is 1. The monoisotopic (exact) mass is 769 g/mol. The summed E-state index contributed by atoms with van der Waals surface area (Å²) in [5.74, 6) is -0.358. The van der Waals surface area contributed by atoms with Gasteiger partial charge in [0.25, 0.3) is 17.6 Å². The van der Waals surface area contributed by atoms with E-state index in [0.29, 0.717) is 58.9 Å². The number of nitrogens with zero attached hydrogens (tertiary/aromatic N) is 5. The molecule has 0 saturated carbocycles. The normalized spacial score (nSPS) is 13.9. The van der Waals surface area contributed by atoms with E-state index in [-0.39, 0.29) is 62.1 Å². The summed E-state index contributed by atoms with van der Waals surface area (Å²) < 4.78 is 24.8. The Bertz CT molecular complexity index is 2110. The summed E-state index contributed by atoms with van der Waals surface area (Å²) in [6.45, 7) is 17.1. The van der Waals surface area contributed by atoms with Crippen molar-refractivity contribution in [2.24, 2.45) is 0 Å². The molecule has 1 aliphatic heterocycles. The van der Waals surface area contributed by atoms with Crippen LogP contribution in [0, 0.1) is 0 Å². The van der Waals surface area contributed by atoms with E-state index >= 15 is 0 Å². The van der Waals surface area contributed by atoms with E-state index < -0.39 is 17.3 Å². The minimum atomic E-state index is -0.720. The number of methoxy groups -OCH3 is 2. The zero-order valence-electron chi connectivity index (χ0n) is 33.0. The van der Waals surface area contributed by atoms with Crippen molar-refractivity contribution in [3.05, 3.63) is 90.6 Å². The second-order valence-corrected chi connectivity index (χ2v) is 14.7. The van der Waals surface area contributed by atoms with E-state index in [1.807, 2.05) is 33.9 Å². The number of hydrogen-bond donors (Lipinski definition) is 2. The van der Waals surface area contributed by atoms with Crippen molar-refractivity contribution in [3.8, 4) is 17.1 Å². The second-order valence-electron chi connectivity index (χ2n) is 14.7. The predicted octanol–water partition coefficient (Wildman–Crippen LogP) is 4.95. The van der Waals surface area contributed by atoms with Gasteiger partial charge in [-0.05, 0) is 58.4 Å². The number of ether oxygens (including phenoxy) is 3. The van der Waals surface area contributed by atoms with Gasteiger partial charge in [0, 0.05) is 57.2 Å². The van der Waals surface area contributed by atoms with Crippen molar-refractivity contribution >= 4 is 34.4 Å². The van der Waals surface area contributed by atoms with Gasteiger partial charge >= 0.3 is 0 Å². The number of allylic oxidation sites excluding steroid dienone is 2. The van der Waals surface area contributed by atoms with Crippen molar-refractivity contribution in [1.29, 1.82) is 0 Å². The van der Waals surface area contributed by atoms with Crippen molar-refractivity contribution in [3.63, 3.8) is 0 Å². The lowest BCUT2D eigenvalue weighted by Crippen LogP contribution is -2.52. The van der Waals surface area contributed by atoms with Gasteiger partial charge in [-0.2, -0.15) is 0 Å². The first-order valence-electron chi connectivity index (χ1n) is 18.4. The molecule has 2 N–H and O–H groups in total. The summed E-state index contributed by atoms with van der Waals surface area (Å²) in [5, 5.41) is 11.7. The molecule has 1 fully saturated rings. The molecule has 1 saturated heterocycles. The molecule has 0 atom stereocenters. The molecule has 15 heteroatoms. The van der Waals surface area contributed by atoms with Crippen LogP contribution in [0.4, 0.5) is 0 Å². The summed E-state index contributed by atoms with van der Waals surface area (Å²) in [5.41, 5.74) is 1.44. The molecule has 4 aromatic rings. The fourth-order valence-electron chi connectivity index (χ4n) is 6.48. The Labute approximate surface area is 326 Å². The number of aromatic nitrogens is 4. The van der Waals surface area contributed by atoms with Crippen molar-refractivity contribution in [2.75, 3.05) is 47.0 Å². The zero-order chi connectivity index (χ0) is 40.6. The van der Waals surface area contributed by atoms with Crippen molar-refractivity contribution < 1.29 is 37.8 Å². The molecule has 0 radical (unpaired) electrons. The topological polar surface area (TPSA) is 174 Å². The largest absolute Gasteiger partial charge is 0.496 e. The molecule has 0 bridgehead atoms. The number of ketones is 1. The van der Waals surface area contributed by atoms with E-state index in [2.05, 4.69) is 33.8 Å². The van der Waals surface area contributed by atoms with E-state index in [9.17, 15) is 19.2 Å². The third-order valence-corrected chi connectivity index (χ3v) is 9.71. The highest BCUT2D eigenvalue weighted by Gasteiger charge is 2.32. The molecule has 0 aliphatic carbocycles. The maximum absolute atomic E-state index is 13.7. The van der Waals surface area contributed by atoms with Crippen LogP contribution in [0.25, 0.3) is 22.2 Å². The number of Topliss-reactive ketones (excluding diaryl/α,β-unsaturated/α-hetero) is 1. The summed E-state index contributed by atoms with van der Waals surface area (Å²) in [7, 11) is 3.10. The van der Waals surface area contributed by atoms with E-state index in [1.165, 1.54) is 30.4 Å². The Morgan fingerprint density at radius 1 is 1.00 bits per heavy atom. The molecule has 3 amide bonds. The van der Waals surface area contributed by atoms with Gasteiger partial charge < -0.3 is 38.7 Å². The van der Waals surface area contributed by atoms with Crippen molar-refractivity contribution in [2.45, 2.75) is 64.8 Å². The van der Waals surface area contributed by atoms with Gasteiger partial charge in [0.05, 0.1) is 60.5 Å². The van der Waals surface area contributed by atoms with E-state index in [1.54, 1.807) is 47.0 Å². The van der Waals surface area contributed by atoms with Crippen molar-refractivity contribution in [1.82, 2.24) is 35.1 Å². The summed E-state index contributed by atoms with van der Waals surface area (Å²) >= 11 is 0. The predicted molar refractivity (Wildman–Crippen MR) is 210 cm³/mol. The first-order valence-corrected chi connectivity index (χ1v) is 18.4. The van der Waals surface area contributed by atoms with Gasteiger partial charge in [-0.25, -0.2) is 4.68 Å². The number of H-pyrrole nitrogens is 1. The fraction of sp³-hybridized carbons (Fsp3) is 0.415. The molecular weight excluding hydrogens is 718 g/mol. The van der Waals surface area contributed by atoms with Gasteiger partial charge in [-0.3, -0.25) is 19.2 Å². The van der Waals surface area contributed by atoms with Crippen LogP contribution in [0.15, 0.2) is 78.0 Å². The lowest BCUT2D eigenvalue weighted by atomic mass is 10.0. The summed E-state index contributed by atoms with van der Waals surface area (Å²) in [6.07, 6.45) is 8.72. The van der Waals surface area contributed by atoms with Crippen LogP contribution in [-0.2, 0) is 42.5 Å². The molecule has 3 aromatic heterocycles. The second kappa shape index (κ2) is 17.8. The lowest BCUT2D eigenvalue weighted by molar-refractivity contribution is -0.134. The first kappa shape index (κ1) is 41.4. The van der Waals surface area contributed by atoms with Crippen LogP contribution < -0.4 is 10.1 Å². The first-order chi connectivity index (χ1) is 26.7. The number of aromatic amines is 1. The van der Waals surface area contributed by atoms with Crippen LogP contribution in [0.5, 0.6) is 5.75 Å². The molecule has 1 aliphatic rings. The fourth-order valence-corrected chi connectivity index (χ4v) is 6.48. The van der Waals surface area contributed by atoms with Crippen LogP contribution in [0.1, 0.15) is 62.3 Å². The number of nitrogens with one attached hydrogen (secondary N) is 2. The Morgan fingerprint density at radius 3 is 2.38 bits per heavy atom. The maximum atomic E-state index is 13.7. The van der Waals surface area contributed by atoms with Gasteiger partial charge in [-0.15, -0.1) is 5.10 Å². The molecule has 4 heterocycles. The van der Waals surface area contributed by atoms with Gasteiger partial charge in [0.1, 0.15) is 23.0 Å². The Hall–Kier alpha value is -5.80. The number of fused-ring (bicyclic) bond motifs is 1. The minimum Gasteiger partial charge on any atom is -0.496 e. The van der Waals surface area contributed by atoms with Crippen LogP contribution >= 0.6 is 0 Å². The maximum Gasteiger partial charge on any atom is 0.295 e. The third-order valence-electron chi connectivity index (χ3n) is 9.71. The van der Waals surface area contributed by atoms with Crippen LogP contribution in [0.2, 0.25) is 0 Å². The van der Waals surface area contributed by atoms with E-state index in [4.69, 9.17) is 18.6 Å². The van der Waals surface area contributed by atoms with Gasteiger partial charge in [0.15, 0.2) is 0 Å². The lowest BCUT2D eigenvalue weighted by Gasteiger charge is -2.34. The number of piperazine rings is 1. The Balaban J connectivity index is 1.18. The highest BCUT2D eigenvalue weighted by Crippen LogP contribution is 2.37. The molecule has 298 valence electrons. The Kier molecular flexibility index (Phi) is 13.1. The third kappa shape index (κ3) is 9.52. The molecular formula is C41H51N7O8. The van der Waals surface area contributed by atoms with Gasteiger partial charge in [-0.1, -0.05) is 36.6 Å². The zero-order valence-corrected chi connectivity index (χ0v) is 33.0. The number of carbonyl (C=O) groups is 4. The Morgan fingerprint density at radius 2 is 1.71 bits per heavy atom. The average molecular weight is 770 g/mol. The number of amides is 3. The highest BCUT2D eigenvalue weighted by atomic mass is 16.5. The molecule has 56 heavy (non-hydrogen) atoms. The standard InChI is InChI=1S/C41H51N7O8/c1-9-11-27(10-2)38(51)46-17-19-47(20-18-46)39(52)37(50)31-24-43-36-30(13-15-33(54-8)35(31)36)32-14-12-29(56-32)23-42-34(49)22-41(5,6)55-21-16-40(3,4)48-25-28(26-53-7)44-45-48/h9-15,24-25,43H,1-2,16-23,26H2,3-8H3,(H,42,49)/b27-11+. The molecule has 15 nitrogen and oxygen atoms in total. The SMILES string of the molecule is C=C/C=C(\C=C)C(=O)N1CCN(C(=O)C(=O)c2c[nH]c3c(-c4ccc(CNC(=O)CC(C)(C)OCCC(C)(C)n5cc(COC)nn5)o4)ccc(OC)c23)CC1. The minimum absolute atomic E-state index is 0.135. The van der Waals surface area contributed by atoms with E-state index in [0.717, 1.165) is 5.69 Å². The highest BCUT2D eigenvalue weighted by molar-refractivity contribution is 6.45. The number of furan rings is 1. The smallest absolute Gasteiger partial charge is 0.295 e. The van der Waals surface area contributed by atoms with Gasteiger partial charge in [0.2, 0.25) is 5.91 Å². The summed E-state index contributed by atoms with van der Waals surface area (Å²) in [6, 6.07) is 7.06. The summed E-state index contributed by atoms with van der Waals surface area (Å²) in [4.78, 5) is 59.1. The number of carbonyl (C=O) groups excluding carboxylic acids is 4. The quantitative estimate of drug-likeness (QED) is 0.0610. The molecule has 1 aromatic carbocycles. The average Bonchev–Trinajstić information content (AvgIpc) is 3.96. The van der Waals surface area contributed by atoms with Crippen LogP contribution in [0.3, 0.4) is 0 Å². The molecule has 0 unspecified atom stereocenters. The molecule has 5 rings (SSSR count). The number of hydrogen-bond acceptors (Lipinski definition) is 10. The number of rotatable bonds is 18. The van der Waals surface area contributed by atoms with Crippen LogP contribution in [-0.4, -0.2) is 106 Å². The molecule has 0 spiro atoms.